The Balaban J connectivity index is 1.60. The second kappa shape index (κ2) is 12.5. The van der Waals surface area contributed by atoms with Crippen LogP contribution in [-0.4, -0.2) is 83.7 Å². The van der Waals surface area contributed by atoms with Gasteiger partial charge in [-0.1, -0.05) is 13.0 Å². The Morgan fingerprint density at radius 2 is 1.82 bits per heavy atom. The molecule has 1 saturated heterocycles. The minimum Gasteiger partial charge on any atom is -0.492 e. The predicted octanol–water partition coefficient (Wildman–Crippen LogP) is 1.36. The van der Waals surface area contributed by atoms with Crippen molar-refractivity contribution in [3.63, 3.8) is 0 Å². The lowest BCUT2D eigenvalue weighted by molar-refractivity contribution is -0.384. The quantitative estimate of drug-likeness (QED) is 0.225. The molecular formula is C23H30N4O9S2. The molecule has 1 aliphatic heterocycles. The van der Waals surface area contributed by atoms with E-state index in [9.17, 15) is 31.7 Å². The average Bonchev–Trinajstić information content (AvgIpc) is 2.89. The molecule has 0 saturated carbocycles. The number of anilines is 1. The number of nitro benzene ring substituents is 1. The van der Waals surface area contributed by atoms with E-state index in [2.05, 4.69) is 5.32 Å². The van der Waals surface area contributed by atoms with Crippen LogP contribution >= 0.6 is 0 Å². The van der Waals surface area contributed by atoms with Crippen molar-refractivity contribution in [3.8, 4) is 5.75 Å². The fourth-order valence-corrected chi connectivity index (χ4v) is 6.52. The Morgan fingerprint density at radius 3 is 2.39 bits per heavy atom. The van der Waals surface area contributed by atoms with Gasteiger partial charge in [0.15, 0.2) is 0 Å². The van der Waals surface area contributed by atoms with Crippen LogP contribution in [0.4, 0.5) is 11.4 Å². The first kappa shape index (κ1) is 29.3. The number of benzene rings is 2. The van der Waals surface area contributed by atoms with E-state index in [1.807, 2.05) is 0 Å². The molecule has 0 aromatic heterocycles. The van der Waals surface area contributed by atoms with Gasteiger partial charge in [-0.3, -0.25) is 19.2 Å². The van der Waals surface area contributed by atoms with Gasteiger partial charge >= 0.3 is 0 Å². The van der Waals surface area contributed by atoms with Crippen molar-refractivity contribution in [2.24, 2.45) is 0 Å². The number of nitro groups is 1. The lowest BCUT2D eigenvalue weighted by Crippen LogP contribution is -2.50. The van der Waals surface area contributed by atoms with E-state index in [1.165, 1.54) is 46.8 Å². The van der Waals surface area contributed by atoms with Crippen molar-refractivity contribution in [1.82, 2.24) is 9.62 Å². The van der Waals surface area contributed by atoms with E-state index in [1.54, 1.807) is 6.92 Å². The Morgan fingerprint density at radius 1 is 1.16 bits per heavy atom. The highest BCUT2D eigenvalue weighted by Crippen LogP contribution is 2.26. The van der Waals surface area contributed by atoms with Gasteiger partial charge in [0.2, 0.25) is 26.0 Å². The molecule has 0 radical (unpaired) electrons. The van der Waals surface area contributed by atoms with E-state index < -0.39 is 36.9 Å². The topological polar surface area (TPSA) is 165 Å². The van der Waals surface area contributed by atoms with Crippen molar-refractivity contribution in [2.75, 3.05) is 50.0 Å². The molecule has 1 amide bonds. The van der Waals surface area contributed by atoms with Crippen molar-refractivity contribution >= 4 is 37.3 Å². The molecule has 0 unspecified atom stereocenters. The SMILES string of the molecule is CC[C@H](C(=O)NCCOc1ccc(S(=O)(=O)N2CCOCC2)cc1)N(c1cccc([N+](=O)[O-])c1)S(C)(=O)=O. The number of amides is 1. The highest BCUT2D eigenvalue weighted by Gasteiger charge is 2.32. The van der Waals surface area contributed by atoms with Crippen LogP contribution in [0.1, 0.15) is 13.3 Å². The summed E-state index contributed by atoms with van der Waals surface area (Å²) in [6.07, 6.45) is 1.04. The van der Waals surface area contributed by atoms with Gasteiger partial charge in [-0.2, -0.15) is 4.31 Å². The monoisotopic (exact) mass is 570 g/mol. The molecule has 2 aromatic rings. The van der Waals surface area contributed by atoms with Gasteiger partial charge in [0.05, 0.1) is 41.5 Å². The Labute approximate surface area is 221 Å². The molecule has 1 N–H and O–H groups in total. The van der Waals surface area contributed by atoms with Crippen LogP contribution in [0.5, 0.6) is 5.75 Å². The Kier molecular flexibility index (Phi) is 9.65. The summed E-state index contributed by atoms with van der Waals surface area (Å²) in [6.45, 7) is 2.97. The number of carbonyl (C=O) groups excluding carboxylic acids is 1. The van der Waals surface area contributed by atoms with E-state index in [0.717, 1.165) is 16.6 Å². The minimum atomic E-state index is -3.96. The smallest absolute Gasteiger partial charge is 0.271 e. The third kappa shape index (κ3) is 7.18. The molecule has 13 nitrogen and oxygen atoms in total. The number of hydrogen-bond donors (Lipinski definition) is 1. The van der Waals surface area contributed by atoms with Gasteiger partial charge in [-0.05, 0) is 36.8 Å². The predicted molar refractivity (Wildman–Crippen MR) is 139 cm³/mol. The van der Waals surface area contributed by atoms with E-state index in [4.69, 9.17) is 9.47 Å². The fraction of sp³-hybridized carbons (Fsp3) is 0.435. The Hall–Kier alpha value is -3.27. The minimum absolute atomic E-state index is 0.00655. The van der Waals surface area contributed by atoms with Crippen LogP contribution in [0.25, 0.3) is 0 Å². The summed E-state index contributed by atoms with van der Waals surface area (Å²) < 4.78 is 63.5. The third-order valence-electron chi connectivity index (χ3n) is 5.73. The first-order chi connectivity index (χ1) is 17.9. The Bertz CT molecular complexity index is 1340. The second-order valence-electron chi connectivity index (χ2n) is 8.39. The summed E-state index contributed by atoms with van der Waals surface area (Å²) in [4.78, 5) is 23.5. The average molecular weight is 571 g/mol. The molecule has 0 spiro atoms. The molecule has 1 heterocycles. The van der Waals surface area contributed by atoms with Crippen LogP contribution in [0, 0.1) is 10.1 Å². The number of hydrogen-bond acceptors (Lipinski definition) is 9. The zero-order valence-corrected chi connectivity index (χ0v) is 22.6. The maximum Gasteiger partial charge on any atom is 0.271 e. The molecule has 208 valence electrons. The normalized spacial score (nSPS) is 15.4. The molecule has 1 aliphatic rings. The molecule has 2 aromatic carbocycles. The lowest BCUT2D eigenvalue weighted by atomic mass is 10.2. The van der Waals surface area contributed by atoms with Crippen LogP contribution < -0.4 is 14.4 Å². The van der Waals surface area contributed by atoms with Gasteiger partial charge in [-0.25, -0.2) is 16.8 Å². The summed E-state index contributed by atoms with van der Waals surface area (Å²) in [6, 6.07) is 9.82. The standard InChI is InChI=1S/C23H30N4O9S2/c1-3-22(26(37(2,31)32)18-5-4-6-19(17-18)27(29)30)23(28)24-11-14-36-20-7-9-21(10-8-20)38(33,34)25-12-15-35-16-13-25/h4-10,17,22H,3,11-16H2,1-2H3,(H,24,28)/t22-/m1/s1. The molecule has 3 rings (SSSR count). The maximum atomic E-state index is 12.9. The third-order valence-corrected chi connectivity index (χ3v) is 8.82. The number of morpholine rings is 1. The number of ether oxygens (including phenoxy) is 2. The first-order valence-corrected chi connectivity index (χ1v) is 15.1. The van der Waals surface area contributed by atoms with Gasteiger partial charge in [0.1, 0.15) is 18.4 Å². The number of sulfonamides is 2. The number of non-ortho nitro benzene ring substituents is 1. The van der Waals surface area contributed by atoms with Crippen molar-refractivity contribution < 1.29 is 36.0 Å². The molecule has 1 fully saturated rings. The van der Waals surface area contributed by atoms with Crippen LogP contribution in [0.15, 0.2) is 53.4 Å². The molecule has 0 bridgehead atoms. The van der Waals surface area contributed by atoms with E-state index in [-0.39, 0.29) is 48.9 Å². The summed E-state index contributed by atoms with van der Waals surface area (Å²) in [5.74, 6) is -0.207. The fourth-order valence-electron chi connectivity index (χ4n) is 3.91. The number of nitrogens with one attached hydrogen (secondary N) is 1. The summed E-state index contributed by atoms with van der Waals surface area (Å²) in [5.41, 5.74) is -0.296. The number of rotatable bonds is 12. The van der Waals surface area contributed by atoms with Gasteiger partial charge in [0, 0.05) is 25.2 Å². The van der Waals surface area contributed by atoms with E-state index in [0.29, 0.717) is 19.0 Å². The maximum absolute atomic E-state index is 12.9. The zero-order valence-electron chi connectivity index (χ0n) is 21.0. The first-order valence-electron chi connectivity index (χ1n) is 11.8. The summed E-state index contributed by atoms with van der Waals surface area (Å²) >= 11 is 0. The van der Waals surface area contributed by atoms with Gasteiger partial charge in [0.25, 0.3) is 5.69 Å². The molecule has 1 atom stereocenters. The summed E-state index contributed by atoms with van der Waals surface area (Å²) in [7, 11) is -7.58. The van der Waals surface area contributed by atoms with Crippen LogP contribution in [0.2, 0.25) is 0 Å². The molecule has 0 aliphatic carbocycles. The second-order valence-corrected chi connectivity index (χ2v) is 12.2. The van der Waals surface area contributed by atoms with Crippen molar-refractivity contribution in [2.45, 2.75) is 24.3 Å². The van der Waals surface area contributed by atoms with Crippen LogP contribution in [0.3, 0.4) is 0 Å². The highest BCUT2D eigenvalue weighted by molar-refractivity contribution is 7.92. The molecule has 38 heavy (non-hydrogen) atoms. The van der Waals surface area contributed by atoms with Gasteiger partial charge < -0.3 is 14.8 Å². The van der Waals surface area contributed by atoms with Crippen LogP contribution in [-0.2, 0) is 29.6 Å². The molecular weight excluding hydrogens is 540 g/mol. The zero-order chi connectivity index (χ0) is 27.9. The summed E-state index contributed by atoms with van der Waals surface area (Å²) in [5, 5.41) is 13.8. The highest BCUT2D eigenvalue weighted by atomic mass is 32.2. The van der Waals surface area contributed by atoms with Crippen molar-refractivity contribution in [1.29, 1.82) is 0 Å². The number of nitrogens with zero attached hydrogens (tertiary/aromatic N) is 3. The van der Waals surface area contributed by atoms with Gasteiger partial charge in [-0.15, -0.1) is 0 Å². The number of carbonyl (C=O) groups is 1. The van der Waals surface area contributed by atoms with E-state index >= 15 is 0 Å². The largest absolute Gasteiger partial charge is 0.492 e. The molecule has 15 heteroatoms. The lowest BCUT2D eigenvalue weighted by Gasteiger charge is -2.30. The van der Waals surface area contributed by atoms with Crippen molar-refractivity contribution in [3.05, 3.63) is 58.6 Å².